The molecule has 2 amide bonds. The Kier molecular flexibility index (Phi) is 3.88. The number of nitrogens with zero attached hydrogens (tertiary/aromatic N) is 1. The molecular weight excluding hydrogens is 312 g/mol. The minimum atomic E-state index is -1.17. The van der Waals surface area contributed by atoms with Gasteiger partial charge in [-0.3, -0.25) is 9.59 Å². The van der Waals surface area contributed by atoms with Crippen molar-refractivity contribution in [3.8, 4) is 0 Å². The highest BCUT2D eigenvalue weighted by Gasteiger charge is 2.56. The van der Waals surface area contributed by atoms with Crippen LogP contribution in [0, 0.1) is 5.92 Å². The van der Waals surface area contributed by atoms with Gasteiger partial charge in [0.2, 0.25) is 5.91 Å². The molecule has 7 heteroatoms. The number of hydrogen-bond acceptors (Lipinski definition) is 4. The van der Waals surface area contributed by atoms with Crippen LogP contribution in [0.1, 0.15) is 29.3 Å². The maximum absolute atomic E-state index is 12.2. The number of aliphatic hydroxyl groups excluding tert-OH is 1. The van der Waals surface area contributed by atoms with Gasteiger partial charge in [-0.2, -0.15) is 0 Å². The summed E-state index contributed by atoms with van der Waals surface area (Å²) in [6.07, 6.45) is -0.439. The maximum Gasteiger partial charge on any atom is 0.352 e. The van der Waals surface area contributed by atoms with Gasteiger partial charge in [0.25, 0.3) is 5.91 Å². The van der Waals surface area contributed by atoms with Crippen molar-refractivity contribution in [2.75, 3.05) is 7.05 Å². The number of aliphatic hydroxyl groups is 1. The second-order valence-corrected chi connectivity index (χ2v) is 6.03. The first-order chi connectivity index (χ1) is 11.4. The zero-order valence-corrected chi connectivity index (χ0v) is 13.3. The third-order valence-electron chi connectivity index (χ3n) is 4.65. The van der Waals surface area contributed by atoms with Gasteiger partial charge < -0.3 is 20.4 Å². The Morgan fingerprint density at radius 3 is 2.42 bits per heavy atom. The number of carbonyl (C=O) groups excluding carboxylic acids is 2. The van der Waals surface area contributed by atoms with Gasteiger partial charge in [0.05, 0.1) is 18.1 Å². The topological polar surface area (TPSA) is 107 Å². The van der Waals surface area contributed by atoms with E-state index in [0.29, 0.717) is 23.1 Å². The average Bonchev–Trinajstić information content (AvgIpc) is 2.89. The molecule has 3 rings (SSSR count). The Bertz CT molecular complexity index is 751. The lowest BCUT2D eigenvalue weighted by atomic mass is 9.82. The minimum Gasteiger partial charge on any atom is -0.477 e. The zero-order chi connectivity index (χ0) is 17.6. The van der Waals surface area contributed by atoms with Gasteiger partial charge in [0.1, 0.15) is 5.70 Å². The lowest BCUT2D eigenvalue weighted by Gasteiger charge is -2.44. The Labute approximate surface area is 138 Å². The molecule has 1 aromatic carbocycles. The fraction of sp³-hybridized carbons (Fsp3) is 0.353. The highest BCUT2D eigenvalue weighted by atomic mass is 16.4. The maximum atomic E-state index is 12.2. The molecule has 0 bridgehead atoms. The molecule has 1 fully saturated rings. The largest absolute Gasteiger partial charge is 0.477 e. The molecule has 0 radical (unpaired) electrons. The van der Waals surface area contributed by atoms with Crippen molar-refractivity contribution < 1.29 is 24.6 Å². The van der Waals surface area contributed by atoms with Gasteiger partial charge >= 0.3 is 5.97 Å². The summed E-state index contributed by atoms with van der Waals surface area (Å²) in [5.74, 6) is -2.32. The number of aliphatic carboxylic acids is 1. The van der Waals surface area contributed by atoms with Gasteiger partial charge in [-0.25, -0.2) is 4.79 Å². The third kappa shape index (κ3) is 2.28. The van der Waals surface area contributed by atoms with E-state index in [4.69, 9.17) is 0 Å². The zero-order valence-electron chi connectivity index (χ0n) is 13.3. The molecule has 3 N–H and O–H groups in total. The molecule has 7 nitrogen and oxygen atoms in total. The molecule has 24 heavy (non-hydrogen) atoms. The van der Waals surface area contributed by atoms with E-state index in [9.17, 15) is 24.6 Å². The summed E-state index contributed by atoms with van der Waals surface area (Å²) in [6.45, 7) is 1.54. The van der Waals surface area contributed by atoms with Gasteiger partial charge in [0.15, 0.2) is 0 Å². The Hall–Kier alpha value is -2.67. The van der Waals surface area contributed by atoms with Crippen molar-refractivity contribution in [1.82, 2.24) is 10.2 Å². The van der Waals surface area contributed by atoms with E-state index >= 15 is 0 Å². The summed E-state index contributed by atoms with van der Waals surface area (Å²) in [7, 11) is 1.53. The van der Waals surface area contributed by atoms with Crippen LogP contribution in [-0.4, -0.2) is 52.1 Å². The Balaban J connectivity index is 1.97. The van der Waals surface area contributed by atoms with E-state index in [1.54, 1.807) is 24.3 Å². The number of amides is 2. The van der Waals surface area contributed by atoms with Crippen LogP contribution in [0.25, 0.3) is 5.57 Å². The van der Waals surface area contributed by atoms with Crippen LogP contribution >= 0.6 is 0 Å². The number of nitrogens with one attached hydrogen (secondary N) is 1. The third-order valence-corrected chi connectivity index (χ3v) is 4.65. The van der Waals surface area contributed by atoms with Crippen LogP contribution in [0.4, 0.5) is 0 Å². The second kappa shape index (κ2) is 5.76. The smallest absolute Gasteiger partial charge is 0.352 e. The monoisotopic (exact) mass is 330 g/mol. The summed E-state index contributed by atoms with van der Waals surface area (Å²) in [5.41, 5.74) is 1.64. The molecule has 126 valence electrons. The number of benzene rings is 1. The quantitative estimate of drug-likeness (QED) is 0.695. The van der Waals surface area contributed by atoms with Crippen LogP contribution in [0.5, 0.6) is 0 Å². The lowest BCUT2D eigenvalue weighted by molar-refractivity contribution is -0.161. The van der Waals surface area contributed by atoms with E-state index in [1.165, 1.54) is 18.9 Å². The standard InChI is InChI=1S/C17H18N2O5/c1-8(20)13-12-7-11(14(17(23)24)19(12)16(13)22)9-3-5-10(6-4-9)15(21)18-2/h3-6,8,12-13,20H,7H2,1-2H3,(H,18,21)(H,23,24). The van der Waals surface area contributed by atoms with E-state index < -0.39 is 18.0 Å². The number of fused-ring (bicyclic) bond motifs is 1. The molecule has 2 heterocycles. The normalized spacial score (nSPS) is 23.6. The number of rotatable bonds is 4. The lowest BCUT2D eigenvalue weighted by Crippen LogP contribution is -2.61. The molecule has 0 spiro atoms. The summed E-state index contributed by atoms with van der Waals surface area (Å²) in [5, 5.41) is 21.8. The molecule has 1 aromatic rings. The first kappa shape index (κ1) is 16.2. The molecule has 3 unspecified atom stereocenters. The Morgan fingerprint density at radius 2 is 1.92 bits per heavy atom. The highest BCUT2D eigenvalue weighted by molar-refractivity contribution is 6.06. The predicted molar refractivity (Wildman–Crippen MR) is 84.8 cm³/mol. The first-order valence-corrected chi connectivity index (χ1v) is 7.67. The summed E-state index contributed by atoms with van der Waals surface area (Å²) < 4.78 is 0. The minimum absolute atomic E-state index is 0.0328. The SMILES string of the molecule is CNC(=O)c1ccc(C2=C(C(=O)O)N3C(=O)C(C(C)O)C3C2)cc1. The fourth-order valence-corrected chi connectivity index (χ4v) is 3.49. The number of carboxylic acid groups (broad SMARTS) is 1. The number of carbonyl (C=O) groups is 3. The van der Waals surface area contributed by atoms with Gasteiger partial charge in [-0.15, -0.1) is 0 Å². The molecule has 0 aromatic heterocycles. The molecular formula is C17H18N2O5. The predicted octanol–water partition coefficient (Wildman–Crippen LogP) is 0.453. The van der Waals surface area contributed by atoms with E-state index in [-0.39, 0.29) is 23.6 Å². The average molecular weight is 330 g/mol. The van der Waals surface area contributed by atoms with Crippen molar-refractivity contribution in [2.24, 2.45) is 5.92 Å². The van der Waals surface area contributed by atoms with Crippen LogP contribution < -0.4 is 5.32 Å². The van der Waals surface area contributed by atoms with Crippen molar-refractivity contribution in [3.63, 3.8) is 0 Å². The van der Waals surface area contributed by atoms with Crippen LogP contribution in [0.2, 0.25) is 0 Å². The van der Waals surface area contributed by atoms with Crippen LogP contribution in [0.3, 0.4) is 0 Å². The highest BCUT2D eigenvalue weighted by Crippen LogP contribution is 2.46. The van der Waals surface area contributed by atoms with E-state index in [1.807, 2.05) is 0 Å². The number of hydrogen-bond donors (Lipinski definition) is 3. The van der Waals surface area contributed by atoms with Crippen molar-refractivity contribution in [2.45, 2.75) is 25.5 Å². The number of β-lactam (4-membered cyclic amide) rings is 1. The summed E-state index contributed by atoms with van der Waals surface area (Å²) in [4.78, 5) is 36.7. The second-order valence-electron chi connectivity index (χ2n) is 6.03. The van der Waals surface area contributed by atoms with Crippen molar-refractivity contribution in [3.05, 3.63) is 41.1 Å². The number of carboxylic acids is 1. The van der Waals surface area contributed by atoms with E-state index in [2.05, 4.69) is 5.32 Å². The molecule has 0 saturated carbocycles. The van der Waals surface area contributed by atoms with Crippen LogP contribution in [0.15, 0.2) is 30.0 Å². The molecule has 3 atom stereocenters. The van der Waals surface area contributed by atoms with Gasteiger partial charge in [-0.05, 0) is 36.6 Å². The first-order valence-electron chi connectivity index (χ1n) is 7.67. The van der Waals surface area contributed by atoms with Crippen LogP contribution in [-0.2, 0) is 9.59 Å². The summed E-state index contributed by atoms with van der Waals surface area (Å²) in [6, 6.07) is 6.26. The molecule has 2 aliphatic rings. The van der Waals surface area contributed by atoms with E-state index in [0.717, 1.165) is 0 Å². The Morgan fingerprint density at radius 1 is 1.29 bits per heavy atom. The molecule has 1 saturated heterocycles. The fourth-order valence-electron chi connectivity index (χ4n) is 3.49. The molecule has 2 aliphatic heterocycles. The van der Waals surface area contributed by atoms with Crippen molar-refractivity contribution in [1.29, 1.82) is 0 Å². The van der Waals surface area contributed by atoms with Crippen molar-refractivity contribution >= 4 is 23.4 Å². The van der Waals surface area contributed by atoms with Gasteiger partial charge in [0, 0.05) is 12.6 Å². The molecule has 0 aliphatic carbocycles. The summed E-state index contributed by atoms with van der Waals surface area (Å²) >= 11 is 0. The van der Waals surface area contributed by atoms with Gasteiger partial charge in [-0.1, -0.05) is 12.1 Å².